The van der Waals surface area contributed by atoms with Crippen molar-refractivity contribution in [1.29, 1.82) is 0 Å². The lowest BCUT2D eigenvalue weighted by molar-refractivity contribution is 0.0849. The fourth-order valence-electron chi connectivity index (χ4n) is 3.94. The Balaban J connectivity index is 1.78. The average molecular weight is 289 g/mol. The van der Waals surface area contributed by atoms with Gasteiger partial charge in [-0.05, 0) is 62.0 Å². The van der Waals surface area contributed by atoms with Gasteiger partial charge in [-0.15, -0.1) is 0 Å². The van der Waals surface area contributed by atoms with E-state index < -0.39 is 0 Å². The quantitative estimate of drug-likeness (QED) is 0.886. The molecule has 2 saturated carbocycles. The lowest BCUT2D eigenvalue weighted by Gasteiger charge is -2.43. The molecule has 21 heavy (non-hydrogen) atoms. The van der Waals surface area contributed by atoms with E-state index in [1.807, 2.05) is 0 Å². The summed E-state index contributed by atoms with van der Waals surface area (Å²) in [6, 6.07) is 2.74. The lowest BCUT2D eigenvalue weighted by Crippen LogP contribution is -2.37. The maximum Gasteiger partial charge on any atom is 0.0655 e. The van der Waals surface area contributed by atoms with Crippen LogP contribution in [0.5, 0.6) is 0 Å². The molecular weight excluding hydrogens is 258 g/mol. The van der Waals surface area contributed by atoms with Crippen LogP contribution in [0.2, 0.25) is 0 Å². The molecule has 1 heterocycles. The molecule has 0 aromatic carbocycles. The van der Waals surface area contributed by atoms with E-state index in [1.54, 1.807) is 0 Å². The van der Waals surface area contributed by atoms with Crippen LogP contribution in [-0.4, -0.2) is 16.3 Å². The van der Waals surface area contributed by atoms with E-state index in [-0.39, 0.29) is 0 Å². The van der Waals surface area contributed by atoms with Crippen LogP contribution >= 0.6 is 0 Å². The van der Waals surface area contributed by atoms with Gasteiger partial charge in [-0.3, -0.25) is 4.68 Å². The van der Waals surface area contributed by atoms with Crippen LogP contribution < -0.4 is 5.73 Å². The first kappa shape index (κ1) is 15.1. The molecule has 0 bridgehead atoms. The summed E-state index contributed by atoms with van der Waals surface area (Å²) in [6.45, 7) is 7.97. The van der Waals surface area contributed by atoms with Crippen molar-refractivity contribution in [3.63, 3.8) is 0 Å². The topological polar surface area (TPSA) is 43.8 Å². The smallest absolute Gasteiger partial charge is 0.0655 e. The third-order valence-electron chi connectivity index (χ3n) is 6.24. The van der Waals surface area contributed by atoms with Gasteiger partial charge in [0.25, 0.3) is 0 Å². The standard InChI is InChI=1S/C18H31N3/c1-4-18(2,3)15-8-7-14(12-19)17(11-15)21-10-9-16(20-21)13-5-6-13/h9-10,13-15,17H,4-8,11-12,19H2,1-3H3. The fraction of sp³-hybridized carbons (Fsp3) is 0.833. The molecule has 3 heteroatoms. The maximum atomic E-state index is 6.06. The monoisotopic (exact) mass is 289 g/mol. The number of hydrogen-bond acceptors (Lipinski definition) is 2. The fourth-order valence-corrected chi connectivity index (χ4v) is 3.94. The first-order valence-electron chi connectivity index (χ1n) is 8.80. The SMILES string of the molecule is CCC(C)(C)C1CCC(CN)C(n2ccc(C3CC3)n2)C1. The van der Waals surface area contributed by atoms with E-state index in [2.05, 4.69) is 37.7 Å². The van der Waals surface area contributed by atoms with Crippen LogP contribution in [-0.2, 0) is 0 Å². The highest BCUT2D eigenvalue weighted by Gasteiger charge is 2.38. The molecule has 3 rings (SSSR count). The Morgan fingerprint density at radius 3 is 2.67 bits per heavy atom. The predicted molar refractivity (Wildman–Crippen MR) is 87.2 cm³/mol. The maximum absolute atomic E-state index is 6.06. The molecule has 3 nitrogen and oxygen atoms in total. The minimum atomic E-state index is 0.435. The van der Waals surface area contributed by atoms with Gasteiger partial charge in [0.2, 0.25) is 0 Å². The minimum Gasteiger partial charge on any atom is -0.330 e. The Bertz CT molecular complexity index is 473. The van der Waals surface area contributed by atoms with Gasteiger partial charge in [0.05, 0.1) is 11.7 Å². The van der Waals surface area contributed by atoms with E-state index in [1.165, 1.54) is 44.2 Å². The van der Waals surface area contributed by atoms with Gasteiger partial charge in [0.1, 0.15) is 0 Å². The Morgan fingerprint density at radius 1 is 1.29 bits per heavy atom. The van der Waals surface area contributed by atoms with Gasteiger partial charge in [0, 0.05) is 12.1 Å². The summed E-state index contributed by atoms with van der Waals surface area (Å²) in [5.41, 5.74) is 7.80. The average Bonchev–Trinajstić information content (AvgIpc) is 3.24. The Kier molecular flexibility index (Phi) is 4.13. The van der Waals surface area contributed by atoms with Crippen molar-refractivity contribution in [3.8, 4) is 0 Å². The number of nitrogens with zero attached hydrogens (tertiary/aromatic N) is 2. The van der Waals surface area contributed by atoms with E-state index in [0.717, 1.165) is 18.4 Å². The van der Waals surface area contributed by atoms with Crippen molar-refractivity contribution < 1.29 is 0 Å². The van der Waals surface area contributed by atoms with Crippen molar-refractivity contribution in [3.05, 3.63) is 18.0 Å². The van der Waals surface area contributed by atoms with Gasteiger partial charge in [-0.1, -0.05) is 27.2 Å². The third kappa shape index (κ3) is 3.03. The molecule has 3 unspecified atom stereocenters. The van der Waals surface area contributed by atoms with Crippen molar-refractivity contribution in [2.45, 2.75) is 71.3 Å². The Hall–Kier alpha value is -0.830. The van der Waals surface area contributed by atoms with Gasteiger partial charge < -0.3 is 5.73 Å². The first-order chi connectivity index (χ1) is 10.0. The molecule has 1 aromatic rings. The van der Waals surface area contributed by atoms with Crippen LogP contribution in [0, 0.1) is 17.3 Å². The Morgan fingerprint density at radius 2 is 2.05 bits per heavy atom. The highest BCUT2D eigenvalue weighted by atomic mass is 15.3. The zero-order valence-electron chi connectivity index (χ0n) is 13.9. The summed E-state index contributed by atoms with van der Waals surface area (Å²) in [7, 11) is 0. The van der Waals surface area contributed by atoms with E-state index >= 15 is 0 Å². The lowest BCUT2D eigenvalue weighted by atomic mass is 9.66. The van der Waals surface area contributed by atoms with Crippen LogP contribution in [0.15, 0.2) is 12.3 Å². The van der Waals surface area contributed by atoms with Gasteiger partial charge in [-0.25, -0.2) is 0 Å². The third-order valence-corrected chi connectivity index (χ3v) is 6.24. The summed E-state index contributed by atoms with van der Waals surface area (Å²) < 4.78 is 2.25. The second-order valence-corrected chi connectivity index (χ2v) is 7.91. The summed E-state index contributed by atoms with van der Waals surface area (Å²) in [5.74, 6) is 2.14. The van der Waals surface area contributed by atoms with Crippen molar-refractivity contribution >= 4 is 0 Å². The zero-order chi connectivity index (χ0) is 15.0. The molecule has 0 amide bonds. The van der Waals surface area contributed by atoms with Crippen molar-refractivity contribution in [2.24, 2.45) is 23.0 Å². The molecule has 2 N–H and O–H groups in total. The predicted octanol–water partition coefficient (Wildman–Crippen LogP) is 4.11. The van der Waals surface area contributed by atoms with Gasteiger partial charge in [-0.2, -0.15) is 5.10 Å². The Labute approximate surface area is 129 Å². The van der Waals surface area contributed by atoms with Crippen molar-refractivity contribution in [2.75, 3.05) is 6.54 Å². The second-order valence-electron chi connectivity index (χ2n) is 7.91. The van der Waals surface area contributed by atoms with E-state index in [4.69, 9.17) is 10.8 Å². The second kappa shape index (κ2) is 5.75. The van der Waals surface area contributed by atoms with Crippen LogP contribution in [0.25, 0.3) is 0 Å². The summed E-state index contributed by atoms with van der Waals surface area (Å²) in [4.78, 5) is 0. The molecule has 0 spiro atoms. The van der Waals surface area contributed by atoms with E-state index in [9.17, 15) is 0 Å². The number of nitrogens with two attached hydrogens (primary N) is 1. The number of aromatic nitrogens is 2. The molecule has 3 atom stereocenters. The molecule has 0 saturated heterocycles. The molecule has 0 aliphatic heterocycles. The minimum absolute atomic E-state index is 0.435. The molecule has 1 aromatic heterocycles. The summed E-state index contributed by atoms with van der Waals surface area (Å²) in [6.07, 6.45) is 9.95. The summed E-state index contributed by atoms with van der Waals surface area (Å²) in [5, 5.41) is 4.90. The summed E-state index contributed by atoms with van der Waals surface area (Å²) >= 11 is 0. The number of rotatable bonds is 5. The highest BCUT2D eigenvalue weighted by molar-refractivity contribution is 5.13. The molecule has 2 aliphatic rings. The highest BCUT2D eigenvalue weighted by Crippen LogP contribution is 2.46. The largest absolute Gasteiger partial charge is 0.330 e. The number of hydrogen-bond donors (Lipinski definition) is 1. The zero-order valence-corrected chi connectivity index (χ0v) is 13.9. The van der Waals surface area contributed by atoms with Gasteiger partial charge >= 0.3 is 0 Å². The normalized spacial score (nSPS) is 30.6. The van der Waals surface area contributed by atoms with E-state index in [0.29, 0.717) is 17.4 Å². The van der Waals surface area contributed by atoms with Crippen LogP contribution in [0.3, 0.4) is 0 Å². The van der Waals surface area contributed by atoms with Crippen molar-refractivity contribution in [1.82, 2.24) is 9.78 Å². The first-order valence-corrected chi connectivity index (χ1v) is 8.80. The molecule has 0 radical (unpaired) electrons. The van der Waals surface area contributed by atoms with Gasteiger partial charge in [0.15, 0.2) is 0 Å². The van der Waals surface area contributed by atoms with Crippen LogP contribution in [0.1, 0.15) is 76.9 Å². The molecular formula is C18H31N3. The van der Waals surface area contributed by atoms with Crippen LogP contribution in [0.4, 0.5) is 0 Å². The molecule has 118 valence electrons. The molecule has 2 aliphatic carbocycles. The molecule has 2 fully saturated rings.